The predicted octanol–water partition coefficient (Wildman–Crippen LogP) is 4.25. The second-order valence-corrected chi connectivity index (χ2v) is 7.39. The number of imide groups is 1. The summed E-state index contributed by atoms with van der Waals surface area (Å²) in [7, 11) is 0. The van der Waals surface area contributed by atoms with Gasteiger partial charge in [0.2, 0.25) is 11.8 Å². The van der Waals surface area contributed by atoms with Gasteiger partial charge in [-0.15, -0.1) is 0 Å². The van der Waals surface area contributed by atoms with Crippen LogP contribution in [0.3, 0.4) is 0 Å². The quantitative estimate of drug-likeness (QED) is 0.562. The van der Waals surface area contributed by atoms with E-state index in [1.54, 1.807) is 18.2 Å². The Kier molecular flexibility index (Phi) is 3.23. The lowest BCUT2D eigenvalue weighted by Gasteiger charge is -2.20. The second-order valence-electron chi connectivity index (χ2n) is 6.55. The van der Waals surface area contributed by atoms with Crippen molar-refractivity contribution >= 4 is 40.7 Å². The number of anilines is 1. The SMILES string of the molecule is CC(C)=C1[C@H]2C=C[C@H]1[C@H]1C(=O)N(c3ccc(Cl)cc3Cl)C(=O)[C@@H]12. The maximum Gasteiger partial charge on any atom is 0.238 e. The van der Waals surface area contributed by atoms with Gasteiger partial charge in [-0.3, -0.25) is 9.59 Å². The number of amides is 2. The molecule has 23 heavy (non-hydrogen) atoms. The van der Waals surface area contributed by atoms with Crippen LogP contribution in [0.4, 0.5) is 5.69 Å². The molecule has 0 aromatic heterocycles. The smallest absolute Gasteiger partial charge is 0.238 e. The van der Waals surface area contributed by atoms with Gasteiger partial charge in [0.25, 0.3) is 0 Å². The van der Waals surface area contributed by atoms with Crippen molar-refractivity contribution < 1.29 is 9.59 Å². The molecular formula is C18H15Cl2NO2. The molecule has 118 valence electrons. The lowest BCUT2D eigenvalue weighted by atomic mass is 9.85. The van der Waals surface area contributed by atoms with Crippen LogP contribution in [0, 0.1) is 23.7 Å². The zero-order chi connectivity index (χ0) is 16.5. The Labute approximate surface area is 144 Å². The molecule has 1 heterocycles. The fourth-order valence-electron chi connectivity index (χ4n) is 4.33. The van der Waals surface area contributed by atoms with Crippen LogP contribution >= 0.6 is 23.2 Å². The van der Waals surface area contributed by atoms with E-state index in [1.807, 2.05) is 13.8 Å². The summed E-state index contributed by atoms with van der Waals surface area (Å²) < 4.78 is 0. The normalized spacial score (nSPS) is 31.3. The van der Waals surface area contributed by atoms with E-state index in [9.17, 15) is 9.59 Å². The van der Waals surface area contributed by atoms with Gasteiger partial charge in [-0.25, -0.2) is 4.90 Å². The van der Waals surface area contributed by atoms with Crippen LogP contribution in [0.25, 0.3) is 0 Å². The molecular weight excluding hydrogens is 333 g/mol. The number of hydrogen-bond donors (Lipinski definition) is 0. The van der Waals surface area contributed by atoms with Crippen LogP contribution in [0.15, 0.2) is 41.5 Å². The molecule has 2 bridgehead atoms. The molecule has 1 saturated carbocycles. The molecule has 2 fully saturated rings. The van der Waals surface area contributed by atoms with Crippen LogP contribution in [-0.4, -0.2) is 11.8 Å². The summed E-state index contributed by atoms with van der Waals surface area (Å²) in [6.07, 6.45) is 4.15. The van der Waals surface area contributed by atoms with Gasteiger partial charge in [-0.1, -0.05) is 46.5 Å². The Morgan fingerprint density at radius 3 is 2.04 bits per heavy atom. The lowest BCUT2D eigenvalue weighted by molar-refractivity contribution is -0.122. The average molecular weight is 348 g/mol. The van der Waals surface area contributed by atoms with E-state index in [0.29, 0.717) is 15.7 Å². The molecule has 2 aliphatic carbocycles. The van der Waals surface area contributed by atoms with Crippen molar-refractivity contribution in [1.82, 2.24) is 0 Å². The molecule has 1 aliphatic heterocycles. The van der Waals surface area contributed by atoms with E-state index in [-0.39, 0.29) is 35.5 Å². The first-order valence-electron chi connectivity index (χ1n) is 7.60. The topological polar surface area (TPSA) is 37.4 Å². The van der Waals surface area contributed by atoms with E-state index in [1.165, 1.54) is 16.0 Å². The van der Waals surface area contributed by atoms with Gasteiger partial charge in [0.1, 0.15) is 0 Å². The second kappa shape index (κ2) is 4.96. The highest BCUT2D eigenvalue weighted by Gasteiger charge is 2.62. The monoisotopic (exact) mass is 347 g/mol. The molecule has 1 aromatic rings. The molecule has 0 unspecified atom stereocenters. The third-order valence-corrected chi connectivity index (χ3v) is 5.68. The van der Waals surface area contributed by atoms with Crippen molar-refractivity contribution in [1.29, 1.82) is 0 Å². The Hall–Kier alpha value is -1.58. The molecule has 4 atom stereocenters. The molecule has 3 nitrogen and oxygen atoms in total. The third kappa shape index (κ3) is 1.90. The molecule has 0 N–H and O–H groups in total. The Balaban J connectivity index is 1.79. The first kappa shape index (κ1) is 15.0. The molecule has 2 amide bonds. The van der Waals surface area contributed by atoms with Gasteiger partial charge in [-0.2, -0.15) is 0 Å². The summed E-state index contributed by atoms with van der Waals surface area (Å²) in [5.41, 5.74) is 2.87. The Morgan fingerprint density at radius 2 is 1.57 bits per heavy atom. The summed E-state index contributed by atoms with van der Waals surface area (Å²) in [5, 5.41) is 0.800. The number of hydrogen-bond acceptors (Lipinski definition) is 2. The summed E-state index contributed by atoms with van der Waals surface area (Å²) in [6, 6.07) is 4.84. The predicted molar refractivity (Wildman–Crippen MR) is 90.4 cm³/mol. The Morgan fingerprint density at radius 1 is 1.00 bits per heavy atom. The van der Waals surface area contributed by atoms with E-state index in [0.717, 1.165) is 0 Å². The van der Waals surface area contributed by atoms with Crippen LogP contribution in [0.1, 0.15) is 13.8 Å². The number of fused-ring (bicyclic) bond motifs is 5. The van der Waals surface area contributed by atoms with E-state index in [2.05, 4.69) is 12.2 Å². The fraction of sp³-hybridized carbons (Fsp3) is 0.333. The molecule has 3 aliphatic rings. The number of carbonyl (C=O) groups excluding carboxylic acids is 2. The highest BCUT2D eigenvalue weighted by molar-refractivity contribution is 6.38. The van der Waals surface area contributed by atoms with Gasteiger partial charge >= 0.3 is 0 Å². The average Bonchev–Trinajstić information content (AvgIpc) is 3.11. The minimum absolute atomic E-state index is 0.0440. The largest absolute Gasteiger partial charge is 0.274 e. The number of rotatable bonds is 1. The number of carbonyl (C=O) groups is 2. The van der Waals surface area contributed by atoms with Crippen molar-refractivity contribution in [2.24, 2.45) is 23.7 Å². The summed E-state index contributed by atoms with van der Waals surface area (Å²) in [4.78, 5) is 27.2. The highest BCUT2D eigenvalue weighted by atomic mass is 35.5. The van der Waals surface area contributed by atoms with Crippen molar-refractivity contribution in [3.05, 3.63) is 51.5 Å². The number of allylic oxidation sites excluding steroid dienone is 4. The van der Waals surface area contributed by atoms with Gasteiger partial charge in [0, 0.05) is 16.9 Å². The molecule has 4 rings (SSSR count). The van der Waals surface area contributed by atoms with Crippen molar-refractivity contribution in [3.63, 3.8) is 0 Å². The highest BCUT2D eigenvalue weighted by Crippen LogP contribution is 2.57. The van der Waals surface area contributed by atoms with Crippen molar-refractivity contribution in [2.75, 3.05) is 4.90 Å². The van der Waals surface area contributed by atoms with E-state index >= 15 is 0 Å². The number of benzene rings is 1. The zero-order valence-corrected chi connectivity index (χ0v) is 14.2. The molecule has 0 spiro atoms. The first-order valence-corrected chi connectivity index (χ1v) is 8.36. The van der Waals surface area contributed by atoms with E-state index in [4.69, 9.17) is 23.2 Å². The van der Waals surface area contributed by atoms with Gasteiger partial charge < -0.3 is 0 Å². The first-order chi connectivity index (χ1) is 10.9. The van der Waals surface area contributed by atoms with Crippen LogP contribution in [0.2, 0.25) is 10.0 Å². The lowest BCUT2D eigenvalue weighted by Crippen LogP contribution is -2.33. The van der Waals surface area contributed by atoms with E-state index < -0.39 is 0 Å². The zero-order valence-electron chi connectivity index (χ0n) is 12.7. The third-order valence-electron chi connectivity index (χ3n) is 5.14. The van der Waals surface area contributed by atoms with Gasteiger partial charge in [0.15, 0.2) is 0 Å². The van der Waals surface area contributed by atoms with Crippen molar-refractivity contribution in [2.45, 2.75) is 13.8 Å². The molecule has 1 saturated heterocycles. The van der Waals surface area contributed by atoms with Gasteiger partial charge in [0.05, 0.1) is 22.5 Å². The van der Waals surface area contributed by atoms with Crippen LogP contribution in [0.5, 0.6) is 0 Å². The number of halogens is 2. The van der Waals surface area contributed by atoms with Crippen LogP contribution in [-0.2, 0) is 9.59 Å². The van der Waals surface area contributed by atoms with Crippen molar-refractivity contribution in [3.8, 4) is 0 Å². The van der Waals surface area contributed by atoms with Crippen LogP contribution < -0.4 is 4.90 Å². The molecule has 0 radical (unpaired) electrons. The minimum Gasteiger partial charge on any atom is -0.274 e. The summed E-state index contributed by atoms with van der Waals surface area (Å²) >= 11 is 12.1. The van der Waals surface area contributed by atoms with Gasteiger partial charge in [-0.05, 0) is 32.0 Å². The maximum absolute atomic E-state index is 12.9. The Bertz CT molecular complexity index is 773. The summed E-state index contributed by atoms with van der Waals surface area (Å²) in [6.45, 7) is 4.10. The molecule has 1 aromatic carbocycles. The molecule has 5 heteroatoms. The minimum atomic E-state index is -0.297. The fourth-order valence-corrected chi connectivity index (χ4v) is 4.82. The summed E-state index contributed by atoms with van der Waals surface area (Å²) in [5.74, 6) is -0.812. The number of nitrogens with zero attached hydrogens (tertiary/aromatic N) is 1. The standard InChI is InChI=1S/C18H15Cl2NO2/c1-8(2)14-10-4-5-11(14)16-15(10)17(22)21(18(16)23)13-6-3-9(19)7-12(13)20/h3-7,10-11,15-16H,1-2H3/t10-,11-,15-,16-/m1/s1. The maximum atomic E-state index is 12.9.